The quantitative estimate of drug-likeness (QED) is 0.303. The summed E-state index contributed by atoms with van der Waals surface area (Å²) >= 11 is 0. The molecule has 0 N–H and O–H groups in total. The van der Waals surface area contributed by atoms with Crippen LogP contribution >= 0.6 is 0 Å². The molecule has 0 saturated heterocycles. The molecular weight excluding hydrogens is 120 g/mol. The number of hydrogen-bond acceptors (Lipinski definition) is 0. The summed E-state index contributed by atoms with van der Waals surface area (Å²) < 4.78 is 0. The van der Waals surface area contributed by atoms with E-state index in [-0.39, 0.29) is 21.7 Å². The number of rotatable bonds is 2. The fourth-order valence-electron chi connectivity index (χ4n) is 0.215. The van der Waals surface area contributed by atoms with Gasteiger partial charge < -0.3 is 0 Å². The van der Waals surface area contributed by atoms with Crippen molar-refractivity contribution in [2.24, 2.45) is 0 Å². The van der Waals surface area contributed by atoms with Gasteiger partial charge in [-0.3, -0.25) is 6.58 Å². The van der Waals surface area contributed by atoms with E-state index in [0.717, 1.165) is 6.42 Å². The molecule has 0 nitrogen and oxygen atoms in total. The van der Waals surface area contributed by atoms with Crippen molar-refractivity contribution in [3.63, 3.8) is 0 Å². The fourth-order valence-corrected chi connectivity index (χ4v) is 0.215. The van der Waals surface area contributed by atoms with E-state index in [1.807, 2.05) is 12.2 Å². The van der Waals surface area contributed by atoms with Gasteiger partial charge in [-0.15, -0.1) is 0 Å². The first-order valence-corrected chi connectivity index (χ1v) is 2.12. The zero-order valence-electron chi connectivity index (χ0n) is 4.52. The van der Waals surface area contributed by atoms with Crippen molar-refractivity contribution in [2.75, 3.05) is 0 Å². The van der Waals surface area contributed by atoms with E-state index in [4.69, 9.17) is 6.58 Å². The molecule has 0 aromatic heterocycles. The molecule has 0 unspecified atom stereocenters. The summed E-state index contributed by atoms with van der Waals surface area (Å²) in [5.41, 5.74) is 0. The summed E-state index contributed by atoms with van der Waals surface area (Å²) in [6.07, 6.45) is 6.43. The standard InChI is InChI=1S/C6H9.Ti/c1-3-5-6-4-2;/h1,3,5-6H,4H2,2H3;/q-1;. The molecule has 0 aliphatic carbocycles. The third-order valence-electron chi connectivity index (χ3n) is 0.483. The molecule has 0 bridgehead atoms. The minimum atomic E-state index is 0. The Balaban J connectivity index is 0. The second-order valence-electron chi connectivity index (χ2n) is 1.03. The molecule has 0 atom stereocenters. The topological polar surface area (TPSA) is 0 Å². The molecule has 0 amide bonds. The Kier molecular flexibility index (Phi) is 13.9. The Morgan fingerprint density at radius 1 is 1.57 bits per heavy atom. The summed E-state index contributed by atoms with van der Waals surface area (Å²) in [6, 6.07) is 0. The van der Waals surface area contributed by atoms with Crippen LogP contribution in [0, 0.1) is 6.58 Å². The van der Waals surface area contributed by atoms with Gasteiger partial charge in [-0.05, 0) is 0 Å². The van der Waals surface area contributed by atoms with Crippen molar-refractivity contribution in [3.05, 3.63) is 24.8 Å². The number of hydrogen-bond donors (Lipinski definition) is 0. The predicted octanol–water partition coefficient (Wildman–Crippen LogP) is 1.94. The molecule has 7 heavy (non-hydrogen) atoms. The fraction of sp³-hybridized carbons (Fsp3) is 0.333. The molecule has 0 aliphatic rings. The van der Waals surface area contributed by atoms with E-state index < -0.39 is 0 Å². The van der Waals surface area contributed by atoms with E-state index in [1.165, 1.54) is 6.08 Å². The van der Waals surface area contributed by atoms with E-state index >= 15 is 0 Å². The maximum Gasteiger partial charge on any atom is 0 e. The van der Waals surface area contributed by atoms with Gasteiger partial charge in [0.2, 0.25) is 0 Å². The molecule has 0 heterocycles. The Hall–Kier alpha value is 0.194. The molecule has 0 rings (SSSR count). The van der Waals surface area contributed by atoms with Gasteiger partial charge >= 0.3 is 0 Å². The van der Waals surface area contributed by atoms with Crippen LogP contribution in [0.2, 0.25) is 0 Å². The summed E-state index contributed by atoms with van der Waals surface area (Å²) in [4.78, 5) is 0. The Bertz CT molecular complexity index is 55.2. The monoisotopic (exact) mass is 129 g/mol. The van der Waals surface area contributed by atoms with Gasteiger partial charge in [-0.1, -0.05) is 13.3 Å². The predicted molar refractivity (Wildman–Crippen MR) is 28.3 cm³/mol. The normalized spacial score (nSPS) is 8.14. The maximum atomic E-state index is 5.00. The summed E-state index contributed by atoms with van der Waals surface area (Å²) in [5.74, 6) is 0. The van der Waals surface area contributed by atoms with E-state index in [1.54, 1.807) is 0 Å². The first-order valence-electron chi connectivity index (χ1n) is 2.12. The van der Waals surface area contributed by atoms with Crippen LogP contribution in [0.5, 0.6) is 0 Å². The molecule has 0 radical (unpaired) electrons. The van der Waals surface area contributed by atoms with Gasteiger partial charge in [-0.2, -0.15) is 6.08 Å². The molecule has 0 saturated carbocycles. The molecule has 0 aromatic carbocycles. The molecule has 0 spiro atoms. The smallest absolute Gasteiger partial charge is 0 e. The zero-order valence-corrected chi connectivity index (χ0v) is 6.08. The average molecular weight is 129 g/mol. The first kappa shape index (κ1) is 10.2. The van der Waals surface area contributed by atoms with Crippen LogP contribution in [-0.4, -0.2) is 0 Å². The zero-order chi connectivity index (χ0) is 4.83. The van der Waals surface area contributed by atoms with Crippen molar-refractivity contribution < 1.29 is 21.7 Å². The molecule has 0 fully saturated rings. The Morgan fingerprint density at radius 2 is 2.14 bits per heavy atom. The van der Waals surface area contributed by atoms with Gasteiger partial charge in [0.15, 0.2) is 0 Å². The van der Waals surface area contributed by atoms with Gasteiger partial charge in [-0.25, -0.2) is 12.2 Å². The van der Waals surface area contributed by atoms with Crippen molar-refractivity contribution in [3.8, 4) is 0 Å². The maximum absolute atomic E-state index is 5.00. The SMILES string of the molecule is [CH-]=CC=CCC.[Ti]. The largest absolute Gasteiger partial charge is 0.293 e. The molecule has 1 heteroatoms. The second-order valence-corrected chi connectivity index (χ2v) is 1.03. The first-order chi connectivity index (χ1) is 2.91. The summed E-state index contributed by atoms with van der Waals surface area (Å²) in [6.45, 7) is 7.07. The van der Waals surface area contributed by atoms with Crippen molar-refractivity contribution in [1.82, 2.24) is 0 Å². The third kappa shape index (κ3) is 10.7. The molecule has 0 aromatic rings. The van der Waals surface area contributed by atoms with E-state index in [0.29, 0.717) is 0 Å². The minimum Gasteiger partial charge on any atom is -0.293 e. The van der Waals surface area contributed by atoms with Crippen molar-refractivity contribution in [1.29, 1.82) is 0 Å². The van der Waals surface area contributed by atoms with Crippen LogP contribution in [0.1, 0.15) is 13.3 Å². The molecular formula is C6H9Ti-. The Labute approximate surface area is 60.2 Å². The van der Waals surface area contributed by atoms with Crippen molar-refractivity contribution >= 4 is 0 Å². The number of allylic oxidation sites excluding steroid dienone is 3. The van der Waals surface area contributed by atoms with Crippen LogP contribution in [0.15, 0.2) is 18.2 Å². The summed E-state index contributed by atoms with van der Waals surface area (Å²) in [7, 11) is 0. The van der Waals surface area contributed by atoms with Gasteiger partial charge in [0.1, 0.15) is 0 Å². The summed E-state index contributed by atoms with van der Waals surface area (Å²) in [5, 5.41) is 0. The van der Waals surface area contributed by atoms with Crippen LogP contribution in [0.3, 0.4) is 0 Å². The third-order valence-corrected chi connectivity index (χ3v) is 0.483. The van der Waals surface area contributed by atoms with Crippen LogP contribution in [0.4, 0.5) is 0 Å². The minimum absolute atomic E-state index is 0. The van der Waals surface area contributed by atoms with Crippen LogP contribution in [-0.2, 0) is 21.7 Å². The average Bonchev–Trinajstić information content (AvgIpc) is 1.61. The van der Waals surface area contributed by atoms with Gasteiger partial charge in [0.05, 0.1) is 0 Å². The van der Waals surface area contributed by atoms with Gasteiger partial charge in [0.25, 0.3) is 0 Å². The van der Waals surface area contributed by atoms with Crippen LogP contribution < -0.4 is 0 Å². The Morgan fingerprint density at radius 3 is 2.29 bits per heavy atom. The van der Waals surface area contributed by atoms with Gasteiger partial charge in [0, 0.05) is 21.7 Å². The van der Waals surface area contributed by atoms with E-state index in [9.17, 15) is 0 Å². The second kappa shape index (κ2) is 9.50. The van der Waals surface area contributed by atoms with Crippen LogP contribution in [0.25, 0.3) is 0 Å². The molecule has 38 valence electrons. The molecule has 0 aliphatic heterocycles. The van der Waals surface area contributed by atoms with Crippen molar-refractivity contribution in [2.45, 2.75) is 13.3 Å². The van der Waals surface area contributed by atoms with E-state index in [2.05, 4.69) is 6.92 Å².